The molecule has 0 saturated heterocycles. The van der Waals surface area contributed by atoms with Crippen molar-refractivity contribution >= 4 is 17.4 Å². The summed E-state index contributed by atoms with van der Waals surface area (Å²) in [6.45, 7) is 7.72. The van der Waals surface area contributed by atoms with Gasteiger partial charge in [0.05, 0.1) is 6.54 Å². The van der Waals surface area contributed by atoms with Crippen LogP contribution in [-0.2, 0) is 0 Å². The molecule has 3 heteroatoms. The van der Waals surface area contributed by atoms with E-state index in [1.165, 1.54) is 0 Å². The zero-order valence-corrected chi connectivity index (χ0v) is 11.5. The van der Waals surface area contributed by atoms with Crippen molar-refractivity contribution in [2.45, 2.75) is 33.2 Å². The molecule has 0 N–H and O–H groups in total. The molecule has 0 aliphatic heterocycles. The molecule has 0 bridgehead atoms. The van der Waals surface area contributed by atoms with Gasteiger partial charge in [0.15, 0.2) is 5.78 Å². The normalized spacial score (nSPS) is 12.8. The molecule has 0 heterocycles. The lowest BCUT2D eigenvalue weighted by molar-refractivity contribution is 0.0902. The van der Waals surface area contributed by atoms with Crippen molar-refractivity contribution in [2.24, 2.45) is 0 Å². The van der Waals surface area contributed by atoms with E-state index >= 15 is 0 Å². The van der Waals surface area contributed by atoms with Crippen LogP contribution in [0.4, 0.5) is 0 Å². The van der Waals surface area contributed by atoms with Gasteiger partial charge in [0.25, 0.3) is 0 Å². The highest BCUT2D eigenvalue weighted by molar-refractivity contribution is 6.31. The van der Waals surface area contributed by atoms with Gasteiger partial charge in [-0.25, -0.2) is 0 Å². The Hall–Kier alpha value is -0.860. The minimum Gasteiger partial charge on any atom is -0.293 e. The molecule has 0 spiro atoms. The number of carbonyl (C=O) groups is 1. The largest absolute Gasteiger partial charge is 0.293 e. The summed E-state index contributed by atoms with van der Waals surface area (Å²) in [4.78, 5) is 14.3. The first-order valence-corrected chi connectivity index (χ1v) is 6.49. The molecule has 1 aromatic carbocycles. The first kappa shape index (κ1) is 14.2. The van der Waals surface area contributed by atoms with Crippen molar-refractivity contribution in [3.63, 3.8) is 0 Å². The van der Waals surface area contributed by atoms with Gasteiger partial charge in [-0.1, -0.05) is 37.6 Å². The Morgan fingerprint density at radius 2 is 2.12 bits per heavy atom. The number of benzene rings is 1. The predicted molar refractivity (Wildman–Crippen MR) is 72.8 cm³/mol. The lowest BCUT2D eigenvalue weighted by Gasteiger charge is -2.26. The van der Waals surface area contributed by atoms with E-state index in [0.29, 0.717) is 23.2 Å². The molecule has 0 saturated carbocycles. The van der Waals surface area contributed by atoms with Gasteiger partial charge in [-0.3, -0.25) is 9.69 Å². The Morgan fingerprint density at radius 3 is 2.65 bits per heavy atom. The number of hydrogen-bond acceptors (Lipinski definition) is 2. The Kier molecular flexibility index (Phi) is 5.66. The quantitative estimate of drug-likeness (QED) is 0.722. The van der Waals surface area contributed by atoms with Gasteiger partial charge in [0.1, 0.15) is 0 Å². The summed E-state index contributed by atoms with van der Waals surface area (Å²) >= 11 is 5.88. The van der Waals surface area contributed by atoms with Crippen molar-refractivity contribution < 1.29 is 4.79 Å². The van der Waals surface area contributed by atoms with Crippen LogP contribution in [0.5, 0.6) is 0 Å². The average molecular weight is 254 g/mol. The fraction of sp³-hybridized carbons (Fsp3) is 0.500. The smallest absolute Gasteiger partial charge is 0.176 e. The second kappa shape index (κ2) is 6.77. The molecule has 0 aliphatic rings. The van der Waals surface area contributed by atoms with Crippen LogP contribution in [-0.4, -0.2) is 29.8 Å². The van der Waals surface area contributed by atoms with Crippen LogP contribution in [0.25, 0.3) is 0 Å². The maximum Gasteiger partial charge on any atom is 0.176 e. The topological polar surface area (TPSA) is 20.3 Å². The zero-order chi connectivity index (χ0) is 12.8. The minimum absolute atomic E-state index is 0.134. The van der Waals surface area contributed by atoms with E-state index < -0.39 is 0 Å². The monoisotopic (exact) mass is 253 g/mol. The summed E-state index contributed by atoms with van der Waals surface area (Å²) in [5, 5.41) is 0.613. The molecule has 94 valence electrons. The average Bonchev–Trinajstić information content (AvgIpc) is 2.34. The Bertz CT molecular complexity index is 378. The number of rotatable bonds is 6. The van der Waals surface area contributed by atoms with E-state index in [1.54, 1.807) is 12.1 Å². The first-order chi connectivity index (χ1) is 8.08. The molecule has 1 unspecified atom stereocenters. The van der Waals surface area contributed by atoms with Gasteiger partial charge in [-0.05, 0) is 32.0 Å². The molecule has 17 heavy (non-hydrogen) atoms. The van der Waals surface area contributed by atoms with Gasteiger partial charge in [-0.15, -0.1) is 0 Å². The van der Waals surface area contributed by atoms with Gasteiger partial charge in [0.2, 0.25) is 0 Å². The van der Waals surface area contributed by atoms with Gasteiger partial charge >= 0.3 is 0 Å². The van der Waals surface area contributed by atoms with E-state index in [4.69, 9.17) is 11.6 Å². The van der Waals surface area contributed by atoms with Crippen LogP contribution in [0.3, 0.4) is 0 Å². The van der Waals surface area contributed by atoms with E-state index in [-0.39, 0.29) is 5.78 Å². The summed E-state index contributed by atoms with van der Waals surface area (Å²) in [6, 6.07) is 7.58. The van der Waals surface area contributed by atoms with Gasteiger partial charge < -0.3 is 0 Å². The molecule has 0 amide bonds. The van der Waals surface area contributed by atoms with Crippen LogP contribution in [0.1, 0.15) is 37.6 Å². The van der Waals surface area contributed by atoms with Crippen molar-refractivity contribution in [2.75, 3.05) is 13.1 Å². The molecule has 1 atom stereocenters. The number of likely N-dealkylation sites (N-methyl/N-ethyl adjacent to an activating group) is 1. The van der Waals surface area contributed by atoms with E-state index in [1.807, 2.05) is 12.1 Å². The van der Waals surface area contributed by atoms with Crippen LogP contribution >= 0.6 is 11.6 Å². The highest BCUT2D eigenvalue weighted by Crippen LogP contribution is 2.12. The van der Waals surface area contributed by atoms with Crippen molar-refractivity contribution in [1.82, 2.24) is 4.90 Å². The zero-order valence-electron chi connectivity index (χ0n) is 10.7. The SMILES string of the molecule is CCC(C)N(CC)CC(=O)c1cccc(Cl)c1. The minimum atomic E-state index is 0.134. The summed E-state index contributed by atoms with van der Waals surface area (Å²) < 4.78 is 0. The lowest BCUT2D eigenvalue weighted by Crippen LogP contribution is -2.36. The summed E-state index contributed by atoms with van der Waals surface area (Å²) in [7, 11) is 0. The molecule has 0 aliphatic carbocycles. The van der Waals surface area contributed by atoms with Crippen molar-refractivity contribution in [1.29, 1.82) is 0 Å². The van der Waals surface area contributed by atoms with Gasteiger partial charge in [-0.2, -0.15) is 0 Å². The molecule has 2 nitrogen and oxygen atoms in total. The predicted octanol–water partition coefficient (Wildman–Crippen LogP) is 3.64. The molecule has 1 rings (SSSR count). The van der Waals surface area contributed by atoms with Crippen LogP contribution in [0.2, 0.25) is 5.02 Å². The molecule has 0 fully saturated rings. The van der Waals surface area contributed by atoms with Crippen LogP contribution in [0.15, 0.2) is 24.3 Å². The third kappa shape index (κ3) is 4.14. The number of nitrogens with zero attached hydrogens (tertiary/aromatic N) is 1. The van der Waals surface area contributed by atoms with Crippen LogP contribution < -0.4 is 0 Å². The first-order valence-electron chi connectivity index (χ1n) is 6.11. The van der Waals surface area contributed by atoms with Crippen LogP contribution in [0, 0.1) is 0 Å². The molecular formula is C14H20ClNO. The number of Topliss-reactive ketones (excluding diaryl/α,β-unsaturated/α-hetero) is 1. The summed E-state index contributed by atoms with van der Waals surface area (Å²) in [6.07, 6.45) is 1.05. The van der Waals surface area contributed by atoms with E-state index in [9.17, 15) is 4.79 Å². The highest BCUT2D eigenvalue weighted by Gasteiger charge is 2.15. The van der Waals surface area contributed by atoms with E-state index in [2.05, 4.69) is 25.7 Å². The molecule has 1 aromatic rings. The Balaban J connectivity index is 2.71. The number of hydrogen-bond donors (Lipinski definition) is 0. The lowest BCUT2D eigenvalue weighted by atomic mass is 10.1. The fourth-order valence-corrected chi connectivity index (χ4v) is 1.97. The maximum atomic E-state index is 12.1. The maximum absolute atomic E-state index is 12.1. The summed E-state index contributed by atoms with van der Waals surface area (Å²) in [5.74, 6) is 0.134. The third-order valence-electron chi connectivity index (χ3n) is 3.11. The second-order valence-electron chi connectivity index (χ2n) is 4.25. The second-order valence-corrected chi connectivity index (χ2v) is 4.69. The van der Waals surface area contributed by atoms with E-state index in [0.717, 1.165) is 13.0 Å². The van der Waals surface area contributed by atoms with Gasteiger partial charge in [0, 0.05) is 16.6 Å². The number of carbonyl (C=O) groups excluding carboxylic acids is 1. The highest BCUT2D eigenvalue weighted by atomic mass is 35.5. The molecule has 0 aromatic heterocycles. The fourth-order valence-electron chi connectivity index (χ4n) is 1.78. The molecule has 0 radical (unpaired) electrons. The van der Waals surface area contributed by atoms with Crippen molar-refractivity contribution in [3.8, 4) is 0 Å². The summed E-state index contributed by atoms with van der Waals surface area (Å²) in [5.41, 5.74) is 0.694. The number of halogens is 1. The Morgan fingerprint density at radius 1 is 1.41 bits per heavy atom. The standard InChI is InChI=1S/C14H20ClNO/c1-4-11(3)16(5-2)10-14(17)12-7-6-8-13(15)9-12/h6-9,11H,4-5,10H2,1-3H3. The Labute approximate surface area is 109 Å². The number of ketones is 1. The molecular weight excluding hydrogens is 234 g/mol. The third-order valence-corrected chi connectivity index (χ3v) is 3.35. The van der Waals surface area contributed by atoms with Crippen molar-refractivity contribution in [3.05, 3.63) is 34.9 Å².